The largest absolute Gasteiger partial charge is 1.00 e. The van der Waals surface area contributed by atoms with Gasteiger partial charge in [-0.2, -0.15) is 5.10 Å². The quantitative estimate of drug-likeness (QED) is 0.286. The van der Waals surface area contributed by atoms with E-state index in [2.05, 4.69) is 20.4 Å². The van der Waals surface area contributed by atoms with Crippen molar-refractivity contribution in [2.24, 2.45) is 0 Å². The molecule has 1 N–H and O–H groups in total. The molecule has 182 valence electrons. The van der Waals surface area contributed by atoms with Crippen LogP contribution in [0.3, 0.4) is 0 Å². The average Bonchev–Trinajstić information content (AvgIpc) is 3.37. The molecule has 37 heavy (non-hydrogen) atoms. The van der Waals surface area contributed by atoms with E-state index in [1.54, 1.807) is 18.6 Å². The summed E-state index contributed by atoms with van der Waals surface area (Å²) >= 11 is 0. The average molecular weight is 489 g/mol. The van der Waals surface area contributed by atoms with Gasteiger partial charge in [0, 0.05) is 54.5 Å². The van der Waals surface area contributed by atoms with Crippen molar-refractivity contribution < 1.29 is 37.9 Å². The summed E-state index contributed by atoms with van der Waals surface area (Å²) in [6.45, 7) is 2.71. The summed E-state index contributed by atoms with van der Waals surface area (Å²) in [5.41, 5.74) is 5.28. The Kier molecular flexibility index (Phi) is 8.85. The number of carbonyl (C=O) groups is 1. The molecule has 4 heterocycles. The molecule has 4 aromatic rings. The number of amides is 1. The van der Waals surface area contributed by atoms with E-state index in [9.17, 15) is 9.59 Å². The number of pyridine rings is 2. The van der Waals surface area contributed by atoms with Crippen LogP contribution in [0, 0.1) is 0 Å². The number of rotatable bonds is 8. The third kappa shape index (κ3) is 6.33. The molecule has 9 nitrogen and oxygen atoms in total. The van der Waals surface area contributed by atoms with Gasteiger partial charge < -0.3 is 19.6 Å². The van der Waals surface area contributed by atoms with Crippen molar-refractivity contribution in [1.29, 1.82) is 0 Å². The molecule has 1 fully saturated rings. The Morgan fingerprint density at radius 1 is 1.03 bits per heavy atom. The molecular weight excluding hydrogens is 465 g/mol. The first-order valence-corrected chi connectivity index (χ1v) is 11.6. The number of hydrogen-bond acceptors (Lipinski definition) is 7. The van der Waals surface area contributed by atoms with Gasteiger partial charge in [-0.05, 0) is 54.8 Å². The normalized spacial score (nSPS) is 13.4. The molecule has 10 heteroatoms. The predicted octanol–water partition coefficient (Wildman–Crippen LogP) is 0.628. The van der Waals surface area contributed by atoms with Gasteiger partial charge in [-0.1, -0.05) is 24.7 Å². The summed E-state index contributed by atoms with van der Waals surface area (Å²) in [5.74, 6) is -0.0858. The molecule has 5 rings (SSSR count). The summed E-state index contributed by atoms with van der Waals surface area (Å²) in [6, 6.07) is 17.0. The van der Waals surface area contributed by atoms with Gasteiger partial charge in [-0.25, -0.2) is 4.68 Å². The fraction of sp³-hybridized carbons (Fsp3) is 0.222. The molecule has 0 bridgehead atoms. The van der Waals surface area contributed by atoms with E-state index in [-0.39, 0.29) is 37.5 Å². The molecule has 3 aromatic heterocycles. The van der Waals surface area contributed by atoms with Crippen molar-refractivity contribution >= 4 is 12.4 Å². The van der Waals surface area contributed by atoms with Crippen LogP contribution >= 0.6 is 0 Å². The van der Waals surface area contributed by atoms with Gasteiger partial charge in [0.15, 0.2) is 0 Å². The Morgan fingerprint density at radius 2 is 1.81 bits per heavy atom. The van der Waals surface area contributed by atoms with Crippen LogP contribution < -0.4 is 24.2 Å². The van der Waals surface area contributed by atoms with Gasteiger partial charge in [0.1, 0.15) is 12.4 Å². The first kappa shape index (κ1) is 26.3. The van der Waals surface area contributed by atoms with Crippen LogP contribution in [0.4, 0.5) is 0 Å². The van der Waals surface area contributed by atoms with Crippen LogP contribution in [0.25, 0.3) is 33.8 Å². The topological polar surface area (TPSA) is 108 Å². The Hall–Kier alpha value is -3.77. The first-order chi connectivity index (χ1) is 17.7. The van der Waals surface area contributed by atoms with Crippen molar-refractivity contribution in [2.75, 3.05) is 13.2 Å². The van der Waals surface area contributed by atoms with Crippen molar-refractivity contribution in [3.63, 3.8) is 0 Å². The second-order valence-corrected chi connectivity index (χ2v) is 8.37. The Bertz CT molecular complexity index is 1340. The standard InChI is InChI=1S/C27H24N5O4.Li/c33-18-36-17-32-16-23(26(31-32)24-3-1-2-11-28-24)21-8-12-29-25(15-21)19-4-6-20(7-5-19)27(34)30-22-9-13-35-14-10-22;/h1-8,11-12,15-16,22H,9-10,13-14,17H2,(H,30,34);/q-1;+1. The van der Waals surface area contributed by atoms with E-state index in [1.165, 1.54) is 11.2 Å². The van der Waals surface area contributed by atoms with E-state index in [1.807, 2.05) is 54.6 Å². The van der Waals surface area contributed by atoms with Crippen molar-refractivity contribution in [2.45, 2.75) is 25.6 Å². The molecule has 1 saturated heterocycles. The van der Waals surface area contributed by atoms with Crippen LogP contribution in [0.1, 0.15) is 23.2 Å². The molecule has 0 saturated carbocycles. The molecule has 1 amide bonds. The fourth-order valence-electron chi connectivity index (χ4n) is 4.14. The van der Waals surface area contributed by atoms with E-state index >= 15 is 0 Å². The van der Waals surface area contributed by atoms with E-state index < -0.39 is 0 Å². The molecule has 1 aromatic carbocycles. The third-order valence-corrected chi connectivity index (χ3v) is 6.00. The van der Waals surface area contributed by atoms with Gasteiger partial charge in [-0.15, -0.1) is 0 Å². The molecule has 0 radical (unpaired) electrons. The summed E-state index contributed by atoms with van der Waals surface area (Å²) < 4.78 is 11.6. The number of nitrogens with zero attached hydrogens (tertiary/aromatic N) is 4. The zero-order valence-corrected chi connectivity index (χ0v) is 20.5. The Labute approximate surface area is 226 Å². The summed E-state index contributed by atoms with van der Waals surface area (Å²) in [6.07, 6.45) is 6.88. The van der Waals surface area contributed by atoms with E-state index in [0.717, 1.165) is 35.2 Å². The third-order valence-electron chi connectivity index (χ3n) is 6.00. The summed E-state index contributed by atoms with van der Waals surface area (Å²) in [7, 11) is 0. The zero-order chi connectivity index (χ0) is 24.7. The number of benzene rings is 1. The number of hydrogen-bond donors (Lipinski definition) is 1. The number of carbonyl (C=O) groups excluding carboxylic acids is 2. The van der Waals surface area contributed by atoms with E-state index in [4.69, 9.17) is 9.47 Å². The number of nitrogens with one attached hydrogen (secondary N) is 1. The van der Waals surface area contributed by atoms with Crippen LogP contribution in [0.2, 0.25) is 0 Å². The maximum Gasteiger partial charge on any atom is 1.00 e. The molecule has 1 aliphatic heterocycles. The minimum absolute atomic E-state index is 0. The van der Waals surface area contributed by atoms with Crippen LogP contribution in [-0.4, -0.2) is 51.4 Å². The van der Waals surface area contributed by atoms with Gasteiger partial charge in [0.05, 0.1) is 11.4 Å². The minimum Gasteiger partial charge on any atom is -0.637 e. The van der Waals surface area contributed by atoms with Crippen LogP contribution in [0.5, 0.6) is 0 Å². The minimum atomic E-state index is -0.0858. The second-order valence-electron chi connectivity index (χ2n) is 8.37. The summed E-state index contributed by atoms with van der Waals surface area (Å²) in [5, 5.41) is 7.63. The zero-order valence-electron chi connectivity index (χ0n) is 20.5. The first-order valence-electron chi connectivity index (χ1n) is 11.6. The van der Waals surface area contributed by atoms with Gasteiger partial charge in [-0.3, -0.25) is 14.8 Å². The molecular formula is C27H24LiN5O4. The maximum atomic E-state index is 12.6. The molecule has 0 aliphatic carbocycles. The molecule has 0 atom stereocenters. The van der Waals surface area contributed by atoms with Gasteiger partial charge in [0.25, 0.3) is 5.91 Å². The smallest absolute Gasteiger partial charge is 0.637 e. The SMILES string of the molecule is O=[C-]OCn1cc(-c2ccnc(-c3ccc(C(=O)NC4CCOCC4)cc3)c2)c(-c2ccccn2)n1.[Li+]. The monoisotopic (exact) mass is 489 g/mol. The second kappa shape index (κ2) is 12.5. The Morgan fingerprint density at radius 3 is 2.54 bits per heavy atom. The number of ether oxygens (including phenoxy) is 2. The van der Waals surface area contributed by atoms with Gasteiger partial charge >= 0.3 is 18.9 Å². The summed E-state index contributed by atoms with van der Waals surface area (Å²) in [4.78, 5) is 32.1. The maximum absolute atomic E-state index is 12.6. The molecule has 0 unspecified atom stereocenters. The molecule has 0 spiro atoms. The van der Waals surface area contributed by atoms with Crippen molar-refractivity contribution in [3.05, 3.63) is 78.8 Å². The number of aromatic nitrogens is 4. The van der Waals surface area contributed by atoms with Crippen LogP contribution in [0.15, 0.2) is 73.2 Å². The molecule has 1 aliphatic rings. The predicted molar refractivity (Wildman–Crippen MR) is 132 cm³/mol. The van der Waals surface area contributed by atoms with Crippen molar-refractivity contribution in [3.8, 4) is 33.8 Å². The van der Waals surface area contributed by atoms with Gasteiger partial charge in [0.2, 0.25) is 0 Å². The fourth-order valence-corrected chi connectivity index (χ4v) is 4.14. The van der Waals surface area contributed by atoms with E-state index in [0.29, 0.717) is 30.2 Å². The van der Waals surface area contributed by atoms with Crippen molar-refractivity contribution in [1.82, 2.24) is 25.1 Å². The van der Waals surface area contributed by atoms with Crippen LogP contribution in [-0.2, 0) is 21.0 Å². The Balaban J connectivity index is 0.00000320.